The molecule has 7 heteroatoms. The molecule has 1 amide bonds. The Morgan fingerprint density at radius 2 is 2.32 bits per heavy atom. The van der Waals surface area contributed by atoms with Crippen LogP contribution < -0.4 is 5.32 Å². The molecule has 0 aliphatic rings. The topological polar surface area (TPSA) is 70.7 Å². The van der Waals surface area contributed by atoms with Gasteiger partial charge in [-0.3, -0.25) is 15.2 Å². The van der Waals surface area contributed by atoms with Crippen molar-refractivity contribution in [3.8, 4) is 0 Å². The molecular formula is C12H9BrN4OS. The Morgan fingerprint density at radius 3 is 3.00 bits per heavy atom. The minimum atomic E-state index is -0.263. The zero-order chi connectivity index (χ0) is 13.4. The summed E-state index contributed by atoms with van der Waals surface area (Å²) in [5.74, 6) is -0.263. The minimum Gasteiger partial charge on any atom is -0.296 e. The van der Waals surface area contributed by atoms with Gasteiger partial charge in [-0.05, 0) is 34.5 Å². The number of halogens is 1. The molecule has 0 atom stereocenters. The maximum atomic E-state index is 12.0. The summed E-state index contributed by atoms with van der Waals surface area (Å²) in [4.78, 5) is 16.4. The van der Waals surface area contributed by atoms with Gasteiger partial charge in [-0.15, -0.1) is 0 Å². The van der Waals surface area contributed by atoms with Crippen LogP contribution in [0.5, 0.6) is 0 Å². The van der Waals surface area contributed by atoms with Crippen LogP contribution in [0.3, 0.4) is 0 Å². The molecule has 0 aliphatic carbocycles. The van der Waals surface area contributed by atoms with Crippen molar-refractivity contribution in [2.45, 2.75) is 6.92 Å². The number of fused-ring (bicyclic) bond motifs is 1. The number of aromatic amines is 1. The Hall–Kier alpha value is -1.73. The fraction of sp³-hybridized carbons (Fsp3) is 0.0833. The number of carbonyl (C=O) groups is 1. The van der Waals surface area contributed by atoms with E-state index in [1.165, 1.54) is 17.5 Å². The predicted molar refractivity (Wildman–Crippen MR) is 78.6 cm³/mol. The maximum Gasteiger partial charge on any atom is 0.276 e. The number of hydrogen-bond acceptors (Lipinski definition) is 4. The van der Waals surface area contributed by atoms with Crippen LogP contribution in [0.15, 0.2) is 28.9 Å². The molecule has 0 aliphatic heterocycles. The van der Waals surface area contributed by atoms with E-state index in [9.17, 15) is 4.79 Å². The zero-order valence-electron chi connectivity index (χ0n) is 9.90. The molecular weight excluding hydrogens is 328 g/mol. The third-order valence-electron chi connectivity index (χ3n) is 2.66. The summed E-state index contributed by atoms with van der Waals surface area (Å²) in [6, 6.07) is 5.97. The molecule has 1 aromatic carbocycles. The molecule has 0 fully saturated rings. The molecule has 19 heavy (non-hydrogen) atoms. The summed E-state index contributed by atoms with van der Waals surface area (Å²) in [6.45, 7) is 2.00. The highest BCUT2D eigenvalue weighted by atomic mass is 79.9. The number of nitrogens with one attached hydrogen (secondary N) is 2. The first-order valence-corrected chi connectivity index (χ1v) is 7.12. The smallest absolute Gasteiger partial charge is 0.276 e. The number of aromatic nitrogens is 3. The van der Waals surface area contributed by atoms with Crippen molar-refractivity contribution in [2.75, 3.05) is 5.32 Å². The second-order valence-corrected chi connectivity index (χ2v) is 5.87. The van der Waals surface area contributed by atoms with Crippen molar-refractivity contribution < 1.29 is 4.79 Å². The molecule has 96 valence electrons. The van der Waals surface area contributed by atoms with Gasteiger partial charge < -0.3 is 0 Å². The molecule has 0 saturated heterocycles. The maximum absolute atomic E-state index is 12.0. The van der Waals surface area contributed by atoms with Crippen LogP contribution >= 0.6 is 27.3 Å². The van der Waals surface area contributed by atoms with Gasteiger partial charge in [0.25, 0.3) is 5.91 Å². The van der Waals surface area contributed by atoms with Crippen molar-refractivity contribution in [3.05, 3.63) is 40.1 Å². The number of carbonyl (C=O) groups excluding carboxylic acids is 1. The Labute approximate surface area is 121 Å². The highest BCUT2D eigenvalue weighted by Crippen LogP contribution is 2.28. The Morgan fingerprint density at radius 1 is 1.47 bits per heavy atom. The van der Waals surface area contributed by atoms with E-state index in [-0.39, 0.29) is 5.91 Å². The van der Waals surface area contributed by atoms with Gasteiger partial charge in [-0.25, -0.2) is 4.98 Å². The number of para-hydroxylation sites is 1. The first kappa shape index (κ1) is 12.3. The minimum absolute atomic E-state index is 0.263. The van der Waals surface area contributed by atoms with E-state index in [1.807, 2.05) is 25.1 Å². The van der Waals surface area contributed by atoms with Crippen molar-refractivity contribution in [2.24, 2.45) is 0 Å². The van der Waals surface area contributed by atoms with Crippen LogP contribution in [0, 0.1) is 6.92 Å². The largest absolute Gasteiger partial charge is 0.296 e. The molecule has 2 heterocycles. The van der Waals surface area contributed by atoms with Crippen LogP contribution in [0.25, 0.3) is 10.2 Å². The summed E-state index contributed by atoms with van der Waals surface area (Å²) < 4.78 is 1.68. The molecule has 0 radical (unpaired) electrons. The molecule has 0 bridgehead atoms. The van der Waals surface area contributed by atoms with E-state index in [0.717, 1.165) is 15.8 Å². The molecule has 0 saturated carbocycles. The number of anilines is 1. The number of thiazole rings is 1. The van der Waals surface area contributed by atoms with E-state index < -0.39 is 0 Å². The van der Waals surface area contributed by atoms with Gasteiger partial charge in [0.1, 0.15) is 5.69 Å². The number of amides is 1. The fourth-order valence-corrected chi connectivity index (χ4v) is 3.04. The molecule has 3 rings (SSSR count). The molecule has 5 nitrogen and oxygen atoms in total. The van der Waals surface area contributed by atoms with Crippen LogP contribution in [0.4, 0.5) is 5.13 Å². The highest BCUT2D eigenvalue weighted by molar-refractivity contribution is 9.10. The van der Waals surface area contributed by atoms with Gasteiger partial charge >= 0.3 is 0 Å². The molecule has 0 spiro atoms. The fourth-order valence-electron chi connectivity index (χ4n) is 1.73. The second-order valence-electron chi connectivity index (χ2n) is 3.99. The van der Waals surface area contributed by atoms with E-state index in [2.05, 4.69) is 36.4 Å². The van der Waals surface area contributed by atoms with Crippen LogP contribution in [-0.2, 0) is 0 Å². The van der Waals surface area contributed by atoms with Gasteiger partial charge in [-0.2, -0.15) is 5.10 Å². The Balaban J connectivity index is 1.92. The predicted octanol–water partition coefficient (Wildman–Crippen LogP) is 3.34. The standard InChI is InChI=1S/C12H9BrN4OS/c1-6-3-2-4-8-9(6)15-12(19-8)16-11(18)10-7(13)5-14-17-10/h2-5H,1H3,(H,14,17)(H,15,16,18). The van der Waals surface area contributed by atoms with Gasteiger partial charge in [0.05, 0.1) is 20.9 Å². The second kappa shape index (κ2) is 4.75. The summed E-state index contributed by atoms with van der Waals surface area (Å²) in [5, 5.41) is 9.78. The number of rotatable bonds is 2. The van der Waals surface area contributed by atoms with E-state index >= 15 is 0 Å². The quantitative estimate of drug-likeness (QED) is 0.753. The normalized spacial score (nSPS) is 10.8. The van der Waals surface area contributed by atoms with Crippen molar-refractivity contribution in [3.63, 3.8) is 0 Å². The highest BCUT2D eigenvalue weighted by Gasteiger charge is 2.14. The van der Waals surface area contributed by atoms with Crippen LogP contribution in [0.1, 0.15) is 16.1 Å². The van der Waals surface area contributed by atoms with E-state index in [4.69, 9.17) is 0 Å². The third kappa shape index (κ3) is 2.26. The average molecular weight is 337 g/mol. The zero-order valence-corrected chi connectivity index (χ0v) is 12.3. The lowest BCUT2D eigenvalue weighted by Gasteiger charge is -1.98. The monoisotopic (exact) mass is 336 g/mol. The summed E-state index contributed by atoms with van der Waals surface area (Å²) >= 11 is 4.71. The summed E-state index contributed by atoms with van der Waals surface area (Å²) in [6.07, 6.45) is 1.54. The third-order valence-corrected chi connectivity index (χ3v) is 4.20. The average Bonchev–Trinajstić information content (AvgIpc) is 2.95. The number of hydrogen-bond donors (Lipinski definition) is 2. The first-order chi connectivity index (χ1) is 9.15. The Bertz CT molecular complexity index is 764. The van der Waals surface area contributed by atoms with Crippen LogP contribution in [0.2, 0.25) is 0 Å². The first-order valence-electron chi connectivity index (χ1n) is 5.51. The van der Waals surface area contributed by atoms with Gasteiger partial charge in [0.15, 0.2) is 5.13 Å². The van der Waals surface area contributed by atoms with E-state index in [1.54, 1.807) is 0 Å². The number of H-pyrrole nitrogens is 1. The van der Waals surface area contributed by atoms with Crippen molar-refractivity contribution >= 4 is 48.5 Å². The Kier molecular flexibility index (Phi) is 3.08. The lowest BCUT2D eigenvalue weighted by atomic mass is 10.2. The summed E-state index contributed by atoms with van der Waals surface area (Å²) in [5.41, 5.74) is 2.40. The number of nitrogens with zero attached hydrogens (tertiary/aromatic N) is 2. The van der Waals surface area contributed by atoms with Crippen molar-refractivity contribution in [1.29, 1.82) is 0 Å². The van der Waals surface area contributed by atoms with Crippen molar-refractivity contribution in [1.82, 2.24) is 15.2 Å². The van der Waals surface area contributed by atoms with Gasteiger partial charge in [0.2, 0.25) is 0 Å². The molecule has 0 unspecified atom stereocenters. The lowest BCUT2D eigenvalue weighted by molar-refractivity contribution is 0.102. The van der Waals surface area contributed by atoms with Crippen LogP contribution in [-0.4, -0.2) is 21.1 Å². The van der Waals surface area contributed by atoms with E-state index in [0.29, 0.717) is 15.3 Å². The summed E-state index contributed by atoms with van der Waals surface area (Å²) in [7, 11) is 0. The molecule has 2 aromatic heterocycles. The number of benzene rings is 1. The number of aryl methyl sites for hydroxylation is 1. The van der Waals surface area contributed by atoms with Gasteiger partial charge in [-0.1, -0.05) is 23.5 Å². The lowest BCUT2D eigenvalue weighted by Crippen LogP contribution is -2.12. The SMILES string of the molecule is Cc1cccc2sc(NC(=O)c3[nH]ncc3Br)nc12. The molecule has 2 N–H and O–H groups in total. The molecule has 3 aromatic rings. The van der Waals surface area contributed by atoms with Gasteiger partial charge in [0, 0.05) is 0 Å².